The molecule has 0 radical (unpaired) electrons. The molecule has 1 unspecified atom stereocenters. The van der Waals surface area contributed by atoms with E-state index >= 15 is 0 Å². The van der Waals surface area contributed by atoms with Gasteiger partial charge in [-0.05, 0) is 12.3 Å². The summed E-state index contributed by atoms with van der Waals surface area (Å²) in [7, 11) is 0. The molecule has 0 aromatic heterocycles. The first-order valence-corrected chi connectivity index (χ1v) is 4.87. The van der Waals surface area contributed by atoms with Crippen molar-refractivity contribution in [2.75, 3.05) is 0 Å². The van der Waals surface area contributed by atoms with E-state index < -0.39 is 5.97 Å². The summed E-state index contributed by atoms with van der Waals surface area (Å²) in [5.41, 5.74) is 0. The highest BCUT2D eigenvalue weighted by Crippen LogP contribution is 2.13. The summed E-state index contributed by atoms with van der Waals surface area (Å²) in [6.07, 6.45) is 1.83. The van der Waals surface area contributed by atoms with Crippen molar-refractivity contribution in [3.63, 3.8) is 0 Å². The highest BCUT2D eigenvalue weighted by atomic mass is 16.5. The van der Waals surface area contributed by atoms with E-state index in [1.54, 1.807) is 0 Å². The van der Waals surface area contributed by atoms with Gasteiger partial charge < -0.3 is 9.84 Å². The van der Waals surface area contributed by atoms with Crippen molar-refractivity contribution in [1.29, 1.82) is 0 Å². The topological polar surface area (TPSA) is 63.6 Å². The van der Waals surface area contributed by atoms with E-state index in [2.05, 4.69) is 11.3 Å². The van der Waals surface area contributed by atoms with Gasteiger partial charge in [0.15, 0.2) is 0 Å². The van der Waals surface area contributed by atoms with Crippen LogP contribution in [0, 0.1) is 11.8 Å². The van der Waals surface area contributed by atoms with Gasteiger partial charge in [0.05, 0.1) is 12.2 Å². The third kappa shape index (κ3) is 10.6. The molecule has 88 valence electrons. The Morgan fingerprint density at radius 1 is 1.47 bits per heavy atom. The molecule has 0 aromatic rings. The second kappa shape index (κ2) is 9.24. The second-order valence-electron chi connectivity index (χ2n) is 3.37. The molecule has 0 aromatic carbocycles. The lowest BCUT2D eigenvalue weighted by Gasteiger charge is -2.12. The van der Waals surface area contributed by atoms with E-state index in [0.29, 0.717) is 0 Å². The summed E-state index contributed by atoms with van der Waals surface area (Å²) in [5, 5.41) is 8.54. The lowest BCUT2D eigenvalue weighted by Crippen LogP contribution is -2.18. The predicted molar refractivity (Wildman–Crippen MR) is 58.2 cm³/mol. The molecule has 0 saturated carbocycles. The molecule has 0 rings (SSSR count). The third-order valence-electron chi connectivity index (χ3n) is 1.81. The van der Waals surface area contributed by atoms with Crippen LogP contribution in [-0.2, 0) is 14.3 Å². The van der Waals surface area contributed by atoms with Gasteiger partial charge in [0.25, 0.3) is 0 Å². The largest absolute Gasteiger partial charge is 0.481 e. The highest BCUT2D eigenvalue weighted by Gasteiger charge is 2.17. The fraction of sp³-hybridized carbons (Fsp3) is 0.636. The number of esters is 1. The Bertz CT molecular complexity index is 209. The van der Waals surface area contributed by atoms with E-state index in [9.17, 15) is 9.59 Å². The van der Waals surface area contributed by atoms with E-state index in [0.717, 1.165) is 12.7 Å². The van der Waals surface area contributed by atoms with Gasteiger partial charge in [-0.1, -0.05) is 27.4 Å². The summed E-state index contributed by atoms with van der Waals surface area (Å²) in [6, 6.07) is 0. The Morgan fingerprint density at radius 2 is 1.93 bits per heavy atom. The first kappa shape index (κ1) is 16.1. The first-order chi connectivity index (χ1) is 6.86. The smallest absolute Gasteiger partial charge is 0.307 e. The molecule has 0 aliphatic heterocycles. The Morgan fingerprint density at radius 3 is 1.93 bits per heavy atom. The maximum absolute atomic E-state index is 10.4. The Hall–Kier alpha value is -1.32. The molecular weight excluding hydrogens is 196 g/mol. The molecule has 0 aliphatic rings. The SMILES string of the molecule is C=COC(C)=O.CCC(C(=O)O)C(C)C. The molecule has 0 saturated heterocycles. The Balaban J connectivity index is 0. The normalized spacial score (nSPS) is 11.0. The lowest BCUT2D eigenvalue weighted by molar-refractivity contribution is -0.143. The monoisotopic (exact) mass is 216 g/mol. The van der Waals surface area contributed by atoms with Gasteiger partial charge in [-0.15, -0.1) is 0 Å². The Labute approximate surface area is 90.9 Å². The van der Waals surface area contributed by atoms with Crippen LogP contribution in [0.15, 0.2) is 12.8 Å². The van der Waals surface area contributed by atoms with Crippen molar-refractivity contribution >= 4 is 11.9 Å². The molecule has 4 nitrogen and oxygen atoms in total. The summed E-state index contributed by atoms with van der Waals surface area (Å²) in [6.45, 7) is 10.2. The van der Waals surface area contributed by atoms with Gasteiger partial charge in [-0.2, -0.15) is 0 Å². The Kier molecular flexibility index (Phi) is 9.94. The third-order valence-corrected chi connectivity index (χ3v) is 1.81. The minimum atomic E-state index is -0.674. The molecule has 0 aliphatic carbocycles. The summed E-state index contributed by atoms with van der Waals surface area (Å²) < 4.78 is 4.17. The average molecular weight is 216 g/mol. The molecule has 4 heteroatoms. The maximum atomic E-state index is 10.4. The van der Waals surface area contributed by atoms with E-state index in [1.807, 2.05) is 20.8 Å². The van der Waals surface area contributed by atoms with E-state index in [4.69, 9.17) is 5.11 Å². The second-order valence-corrected chi connectivity index (χ2v) is 3.37. The van der Waals surface area contributed by atoms with Gasteiger partial charge in [-0.3, -0.25) is 9.59 Å². The number of carbonyl (C=O) groups is 2. The molecule has 0 fully saturated rings. The van der Waals surface area contributed by atoms with E-state index in [1.165, 1.54) is 6.92 Å². The number of hydrogen-bond donors (Lipinski definition) is 1. The molecular formula is C11H20O4. The number of rotatable bonds is 4. The predicted octanol–water partition coefficient (Wildman–Crippen LogP) is 2.45. The summed E-state index contributed by atoms with van der Waals surface area (Å²) >= 11 is 0. The van der Waals surface area contributed by atoms with Crippen LogP contribution in [0.1, 0.15) is 34.1 Å². The van der Waals surface area contributed by atoms with Crippen molar-refractivity contribution in [1.82, 2.24) is 0 Å². The van der Waals surface area contributed by atoms with Crippen LogP contribution < -0.4 is 0 Å². The highest BCUT2D eigenvalue weighted by molar-refractivity contribution is 5.70. The van der Waals surface area contributed by atoms with Crippen molar-refractivity contribution in [3.05, 3.63) is 12.8 Å². The maximum Gasteiger partial charge on any atom is 0.307 e. The molecule has 0 amide bonds. The zero-order chi connectivity index (χ0) is 12.4. The van der Waals surface area contributed by atoms with E-state index in [-0.39, 0.29) is 17.8 Å². The minimum absolute atomic E-state index is 0.162. The number of carboxylic acids is 1. The summed E-state index contributed by atoms with van der Waals surface area (Å²) in [4.78, 5) is 20.1. The molecule has 0 bridgehead atoms. The van der Waals surface area contributed by atoms with Crippen molar-refractivity contribution in [3.8, 4) is 0 Å². The van der Waals surface area contributed by atoms with Crippen LogP contribution in [-0.4, -0.2) is 17.0 Å². The quantitative estimate of drug-likeness (QED) is 0.579. The fourth-order valence-electron chi connectivity index (χ4n) is 1.05. The van der Waals surface area contributed by atoms with Crippen LogP contribution in [0.25, 0.3) is 0 Å². The van der Waals surface area contributed by atoms with Crippen molar-refractivity contribution in [2.45, 2.75) is 34.1 Å². The van der Waals surface area contributed by atoms with Gasteiger partial charge in [0, 0.05) is 6.92 Å². The number of ether oxygens (including phenoxy) is 1. The van der Waals surface area contributed by atoms with Gasteiger partial charge >= 0.3 is 11.9 Å². The van der Waals surface area contributed by atoms with Crippen molar-refractivity contribution < 1.29 is 19.4 Å². The van der Waals surface area contributed by atoms with Crippen LogP contribution >= 0.6 is 0 Å². The summed E-state index contributed by atoms with van der Waals surface area (Å²) in [5.74, 6) is -0.907. The number of aliphatic carboxylic acids is 1. The average Bonchev–Trinajstić information content (AvgIpc) is 2.03. The fourth-order valence-corrected chi connectivity index (χ4v) is 1.05. The number of hydrogen-bond acceptors (Lipinski definition) is 3. The molecule has 0 heterocycles. The molecule has 1 N–H and O–H groups in total. The number of carboxylic acid groups (broad SMARTS) is 1. The van der Waals surface area contributed by atoms with Crippen LogP contribution in [0.2, 0.25) is 0 Å². The van der Waals surface area contributed by atoms with Gasteiger partial charge in [0.1, 0.15) is 0 Å². The zero-order valence-corrected chi connectivity index (χ0v) is 9.82. The lowest BCUT2D eigenvalue weighted by atomic mass is 9.94. The van der Waals surface area contributed by atoms with Crippen molar-refractivity contribution in [2.24, 2.45) is 11.8 Å². The first-order valence-electron chi connectivity index (χ1n) is 4.87. The van der Waals surface area contributed by atoms with Crippen LogP contribution in [0.3, 0.4) is 0 Å². The van der Waals surface area contributed by atoms with Gasteiger partial charge in [0.2, 0.25) is 0 Å². The number of carbonyl (C=O) groups excluding carboxylic acids is 1. The van der Waals surface area contributed by atoms with Gasteiger partial charge in [-0.25, -0.2) is 0 Å². The molecule has 1 atom stereocenters. The molecule has 0 spiro atoms. The molecule has 15 heavy (non-hydrogen) atoms. The van der Waals surface area contributed by atoms with Crippen LogP contribution in [0.4, 0.5) is 0 Å². The minimum Gasteiger partial charge on any atom is -0.481 e. The standard InChI is InChI=1S/C7H14O2.C4H6O2/c1-4-6(5(2)3)7(8)9;1-3-6-4(2)5/h5-6H,4H2,1-3H3,(H,8,9);3H,1H2,2H3. The zero-order valence-electron chi connectivity index (χ0n) is 9.82. The van der Waals surface area contributed by atoms with Crippen LogP contribution in [0.5, 0.6) is 0 Å².